The number of para-hydroxylation sites is 1. The van der Waals surface area contributed by atoms with Crippen molar-refractivity contribution in [1.29, 1.82) is 0 Å². The highest BCUT2D eigenvalue weighted by atomic mass is 35.5. The molecule has 0 bridgehead atoms. The summed E-state index contributed by atoms with van der Waals surface area (Å²) in [6.45, 7) is 0.392. The van der Waals surface area contributed by atoms with Crippen LogP contribution in [-0.2, 0) is 6.54 Å². The molecule has 0 saturated carbocycles. The fraction of sp³-hybridized carbons (Fsp3) is 0.0667. The molecule has 0 aliphatic heterocycles. The van der Waals surface area contributed by atoms with Crippen molar-refractivity contribution in [3.63, 3.8) is 0 Å². The molecule has 0 spiro atoms. The first-order chi connectivity index (χ1) is 9.78. The number of benzene rings is 1. The van der Waals surface area contributed by atoms with Gasteiger partial charge in [-0.25, -0.2) is 4.98 Å². The van der Waals surface area contributed by atoms with Crippen molar-refractivity contribution in [2.24, 2.45) is 5.73 Å². The summed E-state index contributed by atoms with van der Waals surface area (Å²) < 4.78 is 5.78. The van der Waals surface area contributed by atoms with Gasteiger partial charge in [-0.1, -0.05) is 29.8 Å². The van der Waals surface area contributed by atoms with Crippen LogP contribution in [0.1, 0.15) is 5.56 Å². The van der Waals surface area contributed by atoms with Crippen LogP contribution in [-0.4, -0.2) is 9.97 Å². The number of hydrogen-bond donors (Lipinski definition) is 1. The standard InChI is InChI=1S/C15H12ClN3O/c16-12-7-10(8-17)9-19-15(12)20-13-5-1-3-11-4-2-6-18-14(11)13/h1-7,9H,8,17H2. The lowest BCUT2D eigenvalue weighted by Crippen LogP contribution is -1.98. The summed E-state index contributed by atoms with van der Waals surface area (Å²) in [5, 5.41) is 1.43. The van der Waals surface area contributed by atoms with E-state index in [0.717, 1.165) is 16.5 Å². The SMILES string of the molecule is NCc1cnc(Oc2cccc3cccnc23)c(Cl)c1. The Morgan fingerprint density at radius 3 is 2.80 bits per heavy atom. The minimum absolute atomic E-state index is 0.349. The number of rotatable bonds is 3. The summed E-state index contributed by atoms with van der Waals surface area (Å²) in [5.41, 5.74) is 7.18. The van der Waals surface area contributed by atoms with Crippen LogP contribution in [0.25, 0.3) is 10.9 Å². The van der Waals surface area contributed by atoms with Crippen molar-refractivity contribution in [2.75, 3.05) is 0 Å². The van der Waals surface area contributed by atoms with Gasteiger partial charge in [0.1, 0.15) is 10.5 Å². The minimum Gasteiger partial charge on any atom is -0.435 e. The van der Waals surface area contributed by atoms with E-state index in [-0.39, 0.29) is 0 Å². The lowest BCUT2D eigenvalue weighted by Gasteiger charge is -2.09. The molecule has 100 valence electrons. The van der Waals surface area contributed by atoms with Gasteiger partial charge in [-0.2, -0.15) is 0 Å². The van der Waals surface area contributed by atoms with E-state index in [0.29, 0.717) is 23.2 Å². The van der Waals surface area contributed by atoms with Crippen molar-refractivity contribution in [3.8, 4) is 11.6 Å². The van der Waals surface area contributed by atoms with Crippen LogP contribution < -0.4 is 10.5 Å². The summed E-state index contributed by atoms with van der Waals surface area (Å²) in [6.07, 6.45) is 3.38. The van der Waals surface area contributed by atoms with Gasteiger partial charge in [0.05, 0.1) is 0 Å². The van der Waals surface area contributed by atoms with Gasteiger partial charge >= 0.3 is 0 Å². The van der Waals surface area contributed by atoms with Crippen LogP contribution in [0.3, 0.4) is 0 Å². The number of nitrogens with zero attached hydrogens (tertiary/aromatic N) is 2. The first-order valence-corrected chi connectivity index (χ1v) is 6.52. The summed E-state index contributed by atoms with van der Waals surface area (Å²) >= 11 is 6.15. The van der Waals surface area contributed by atoms with Crippen LogP contribution in [0.15, 0.2) is 48.8 Å². The zero-order valence-electron chi connectivity index (χ0n) is 10.6. The Kier molecular flexibility index (Phi) is 3.50. The molecule has 2 heterocycles. The van der Waals surface area contributed by atoms with Crippen LogP contribution in [0, 0.1) is 0 Å². The maximum Gasteiger partial charge on any atom is 0.238 e. The Morgan fingerprint density at radius 2 is 2.00 bits per heavy atom. The largest absolute Gasteiger partial charge is 0.435 e. The van der Waals surface area contributed by atoms with E-state index in [2.05, 4.69) is 9.97 Å². The zero-order valence-corrected chi connectivity index (χ0v) is 11.3. The Bertz CT molecular complexity index is 756. The molecule has 0 amide bonds. The van der Waals surface area contributed by atoms with Crippen LogP contribution in [0.5, 0.6) is 11.6 Å². The first-order valence-electron chi connectivity index (χ1n) is 6.14. The van der Waals surface area contributed by atoms with Gasteiger partial charge in [-0.3, -0.25) is 4.98 Å². The molecule has 20 heavy (non-hydrogen) atoms. The van der Waals surface area contributed by atoms with Gasteiger partial charge in [0, 0.05) is 24.3 Å². The number of halogens is 1. The number of ether oxygens (including phenoxy) is 1. The molecular formula is C15H12ClN3O. The minimum atomic E-state index is 0.349. The summed E-state index contributed by atoms with van der Waals surface area (Å²) in [4.78, 5) is 8.51. The molecule has 2 N–H and O–H groups in total. The smallest absolute Gasteiger partial charge is 0.238 e. The first kappa shape index (κ1) is 12.8. The van der Waals surface area contributed by atoms with Crippen molar-refractivity contribution in [1.82, 2.24) is 9.97 Å². The molecule has 0 aliphatic rings. The number of fused-ring (bicyclic) bond motifs is 1. The maximum absolute atomic E-state index is 6.15. The third kappa shape index (κ3) is 2.43. The quantitative estimate of drug-likeness (QED) is 0.799. The fourth-order valence-electron chi connectivity index (χ4n) is 1.91. The maximum atomic E-state index is 6.15. The predicted octanol–water partition coefficient (Wildman–Crippen LogP) is 3.53. The molecule has 3 aromatic rings. The van der Waals surface area contributed by atoms with E-state index < -0.39 is 0 Å². The molecule has 1 aromatic carbocycles. The monoisotopic (exact) mass is 285 g/mol. The lowest BCUT2D eigenvalue weighted by molar-refractivity contribution is 0.467. The topological polar surface area (TPSA) is 61.0 Å². The Labute approximate surface area is 121 Å². The molecule has 3 rings (SSSR count). The van der Waals surface area contributed by atoms with Gasteiger partial charge < -0.3 is 10.5 Å². The van der Waals surface area contributed by atoms with Crippen molar-refractivity contribution >= 4 is 22.5 Å². The molecule has 0 radical (unpaired) electrons. The predicted molar refractivity (Wildman–Crippen MR) is 79.0 cm³/mol. The normalized spacial score (nSPS) is 10.7. The van der Waals surface area contributed by atoms with Crippen LogP contribution in [0.2, 0.25) is 5.02 Å². The summed E-state index contributed by atoms with van der Waals surface area (Å²) in [5.74, 6) is 0.972. The van der Waals surface area contributed by atoms with Gasteiger partial charge in [-0.05, 0) is 23.8 Å². The average Bonchev–Trinajstić information content (AvgIpc) is 2.49. The molecule has 0 saturated heterocycles. The Balaban J connectivity index is 2.01. The van der Waals surface area contributed by atoms with E-state index in [1.165, 1.54) is 0 Å². The van der Waals surface area contributed by atoms with Crippen molar-refractivity contribution in [2.45, 2.75) is 6.54 Å². The van der Waals surface area contributed by atoms with Gasteiger partial charge in [-0.15, -0.1) is 0 Å². The van der Waals surface area contributed by atoms with Crippen LogP contribution in [0.4, 0.5) is 0 Å². The zero-order chi connectivity index (χ0) is 13.9. The fourth-order valence-corrected chi connectivity index (χ4v) is 2.14. The second kappa shape index (κ2) is 5.45. The average molecular weight is 286 g/mol. The Hall–Kier alpha value is -2.17. The number of nitrogens with two attached hydrogens (primary N) is 1. The third-order valence-electron chi connectivity index (χ3n) is 2.90. The lowest BCUT2D eigenvalue weighted by atomic mass is 10.2. The van der Waals surface area contributed by atoms with Crippen molar-refractivity contribution < 1.29 is 4.74 Å². The highest BCUT2D eigenvalue weighted by Crippen LogP contribution is 2.31. The number of aromatic nitrogens is 2. The van der Waals surface area contributed by atoms with E-state index in [1.54, 1.807) is 18.5 Å². The van der Waals surface area contributed by atoms with E-state index in [1.807, 2.05) is 30.3 Å². The molecule has 0 unspecified atom stereocenters. The molecule has 2 aromatic heterocycles. The second-order valence-corrected chi connectivity index (χ2v) is 4.68. The molecule has 0 aliphatic carbocycles. The molecular weight excluding hydrogens is 274 g/mol. The number of pyridine rings is 2. The molecule has 4 nitrogen and oxygen atoms in total. The third-order valence-corrected chi connectivity index (χ3v) is 3.17. The second-order valence-electron chi connectivity index (χ2n) is 4.27. The van der Waals surface area contributed by atoms with Crippen LogP contribution >= 0.6 is 11.6 Å². The van der Waals surface area contributed by atoms with Gasteiger partial charge in [0.25, 0.3) is 0 Å². The van der Waals surface area contributed by atoms with E-state index in [9.17, 15) is 0 Å². The van der Waals surface area contributed by atoms with Crippen molar-refractivity contribution in [3.05, 3.63) is 59.4 Å². The van der Waals surface area contributed by atoms with E-state index in [4.69, 9.17) is 22.1 Å². The summed E-state index contributed by atoms with van der Waals surface area (Å²) in [7, 11) is 0. The summed E-state index contributed by atoms with van der Waals surface area (Å²) in [6, 6.07) is 11.3. The number of hydrogen-bond acceptors (Lipinski definition) is 4. The molecule has 5 heteroatoms. The van der Waals surface area contributed by atoms with Gasteiger partial charge in [0.15, 0.2) is 5.75 Å². The van der Waals surface area contributed by atoms with Gasteiger partial charge in [0.2, 0.25) is 5.88 Å². The molecule has 0 atom stereocenters. The molecule has 0 fully saturated rings. The highest BCUT2D eigenvalue weighted by molar-refractivity contribution is 6.31. The highest BCUT2D eigenvalue weighted by Gasteiger charge is 2.09. The Morgan fingerprint density at radius 1 is 1.15 bits per heavy atom. The van der Waals surface area contributed by atoms with E-state index >= 15 is 0 Å².